The maximum absolute atomic E-state index is 6.16. The van der Waals surface area contributed by atoms with Crippen molar-refractivity contribution in [1.29, 1.82) is 0 Å². The second-order valence-corrected chi connectivity index (χ2v) is 5.82. The van der Waals surface area contributed by atoms with Crippen molar-refractivity contribution in [1.82, 2.24) is 20.2 Å². The van der Waals surface area contributed by atoms with Crippen LogP contribution in [0.4, 0.5) is 11.6 Å². The number of nitrogens with one attached hydrogen (secondary N) is 2. The average Bonchev–Trinajstić information content (AvgIpc) is 3.10. The Hall–Kier alpha value is -2.34. The second kappa shape index (κ2) is 5.14. The number of aromatic amines is 1. The number of halogens is 1. The molecule has 1 aliphatic carbocycles. The van der Waals surface area contributed by atoms with E-state index in [1.165, 1.54) is 12.8 Å². The molecule has 0 bridgehead atoms. The van der Waals surface area contributed by atoms with Crippen LogP contribution in [0.2, 0.25) is 5.02 Å². The largest absolute Gasteiger partial charge is 0.458 e. The first-order valence-electron chi connectivity index (χ1n) is 7.11. The summed E-state index contributed by atoms with van der Waals surface area (Å²) in [5.41, 5.74) is 1.15. The summed E-state index contributed by atoms with van der Waals surface area (Å²) in [6.45, 7) is 1.88. The van der Waals surface area contributed by atoms with Crippen LogP contribution in [0, 0.1) is 6.92 Å². The zero-order valence-corrected chi connectivity index (χ0v) is 12.7. The van der Waals surface area contributed by atoms with E-state index in [2.05, 4.69) is 25.5 Å². The van der Waals surface area contributed by atoms with Gasteiger partial charge in [0.05, 0.1) is 6.20 Å². The number of hydrogen-bond acceptors (Lipinski definition) is 5. The Morgan fingerprint density at radius 1 is 1.36 bits per heavy atom. The normalized spacial score (nSPS) is 14.3. The van der Waals surface area contributed by atoms with Gasteiger partial charge >= 0.3 is 0 Å². The average molecular weight is 316 g/mol. The monoisotopic (exact) mass is 315 g/mol. The van der Waals surface area contributed by atoms with Crippen LogP contribution < -0.4 is 5.32 Å². The minimum atomic E-state index is 0.433. The van der Waals surface area contributed by atoms with E-state index in [1.54, 1.807) is 6.20 Å². The molecule has 1 saturated carbocycles. The van der Waals surface area contributed by atoms with Crippen LogP contribution in [-0.2, 0) is 0 Å². The summed E-state index contributed by atoms with van der Waals surface area (Å²) < 4.78 is 5.54. The zero-order chi connectivity index (χ0) is 15.1. The number of anilines is 2. The SMILES string of the molecule is Cc1ccc(-c2ncc(Cl)c(Nc3cc(C4CC4)[nH]n3)n2)o1. The summed E-state index contributed by atoms with van der Waals surface area (Å²) in [7, 11) is 0. The molecule has 1 fully saturated rings. The van der Waals surface area contributed by atoms with Gasteiger partial charge < -0.3 is 9.73 Å². The number of rotatable bonds is 4. The van der Waals surface area contributed by atoms with Gasteiger partial charge in [-0.1, -0.05) is 11.6 Å². The van der Waals surface area contributed by atoms with Crippen molar-refractivity contribution >= 4 is 23.2 Å². The van der Waals surface area contributed by atoms with Gasteiger partial charge in [0.2, 0.25) is 0 Å². The van der Waals surface area contributed by atoms with Crippen LogP contribution in [0.25, 0.3) is 11.6 Å². The fraction of sp³-hybridized carbons (Fsp3) is 0.267. The van der Waals surface area contributed by atoms with Crippen LogP contribution in [0.15, 0.2) is 28.8 Å². The Bertz CT molecular complexity index is 821. The first-order chi connectivity index (χ1) is 10.7. The highest BCUT2D eigenvalue weighted by atomic mass is 35.5. The number of nitrogens with zero attached hydrogens (tertiary/aromatic N) is 3. The van der Waals surface area contributed by atoms with Gasteiger partial charge in [0.15, 0.2) is 23.2 Å². The van der Waals surface area contributed by atoms with Crippen molar-refractivity contribution in [2.45, 2.75) is 25.7 Å². The van der Waals surface area contributed by atoms with Crippen molar-refractivity contribution in [3.8, 4) is 11.6 Å². The van der Waals surface area contributed by atoms with Crippen molar-refractivity contribution in [2.75, 3.05) is 5.32 Å². The van der Waals surface area contributed by atoms with Crippen molar-refractivity contribution in [2.24, 2.45) is 0 Å². The van der Waals surface area contributed by atoms with Gasteiger partial charge in [-0.25, -0.2) is 9.97 Å². The highest BCUT2D eigenvalue weighted by Gasteiger charge is 2.25. The molecule has 0 spiro atoms. The van der Waals surface area contributed by atoms with Crippen LogP contribution in [0.3, 0.4) is 0 Å². The smallest absolute Gasteiger partial charge is 0.197 e. The van der Waals surface area contributed by atoms with E-state index >= 15 is 0 Å². The number of aromatic nitrogens is 4. The van der Waals surface area contributed by atoms with E-state index in [-0.39, 0.29) is 0 Å². The van der Waals surface area contributed by atoms with E-state index in [0.717, 1.165) is 11.5 Å². The number of H-pyrrole nitrogens is 1. The predicted octanol–water partition coefficient (Wildman–Crippen LogP) is 4.04. The van der Waals surface area contributed by atoms with E-state index in [4.69, 9.17) is 16.0 Å². The second-order valence-electron chi connectivity index (χ2n) is 5.41. The highest BCUT2D eigenvalue weighted by Crippen LogP contribution is 2.39. The van der Waals surface area contributed by atoms with Gasteiger partial charge in [0.1, 0.15) is 10.8 Å². The molecule has 7 heteroatoms. The maximum Gasteiger partial charge on any atom is 0.197 e. The summed E-state index contributed by atoms with van der Waals surface area (Å²) >= 11 is 6.16. The molecule has 4 rings (SSSR count). The van der Waals surface area contributed by atoms with E-state index in [9.17, 15) is 0 Å². The molecule has 0 saturated heterocycles. The number of hydrogen-bond donors (Lipinski definition) is 2. The van der Waals surface area contributed by atoms with E-state index < -0.39 is 0 Å². The topological polar surface area (TPSA) is 79.6 Å². The molecule has 6 nitrogen and oxygen atoms in total. The Morgan fingerprint density at radius 2 is 2.23 bits per heavy atom. The number of aryl methyl sites for hydroxylation is 1. The lowest BCUT2D eigenvalue weighted by molar-refractivity contribution is 0.544. The molecule has 112 valence electrons. The van der Waals surface area contributed by atoms with Gasteiger partial charge in [0, 0.05) is 17.7 Å². The molecule has 3 heterocycles. The fourth-order valence-electron chi connectivity index (χ4n) is 2.25. The molecule has 0 unspecified atom stereocenters. The molecule has 3 aromatic heterocycles. The van der Waals surface area contributed by atoms with Gasteiger partial charge in [-0.05, 0) is 31.9 Å². The standard InChI is InChI=1S/C15H14ClN5O/c1-8-2-5-12(22-8)15-17-7-10(16)14(19-15)18-13-6-11(20-21-13)9-3-4-9/h2,5-7,9H,3-4H2,1H3,(H2,17,18,19,20,21). The Labute approximate surface area is 131 Å². The maximum atomic E-state index is 6.16. The molecule has 0 radical (unpaired) electrons. The molecular weight excluding hydrogens is 302 g/mol. The van der Waals surface area contributed by atoms with Crippen LogP contribution in [0.1, 0.15) is 30.2 Å². The minimum absolute atomic E-state index is 0.433. The summed E-state index contributed by atoms with van der Waals surface area (Å²) in [5.74, 6) is 3.73. The van der Waals surface area contributed by atoms with E-state index in [1.807, 2.05) is 25.1 Å². The Kier molecular flexibility index (Phi) is 3.11. The molecule has 0 atom stereocenters. The first-order valence-corrected chi connectivity index (χ1v) is 7.48. The number of furan rings is 1. The van der Waals surface area contributed by atoms with Crippen molar-refractivity contribution in [3.63, 3.8) is 0 Å². The zero-order valence-electron chi connectivity index (χ0n) is 11.9. The molecule has 22 heavy (non-hydrogen) atoms. The lowest BCUT2D eigenvalue weighted by Gasteiger charge is -2.05. The molecule has 0 aliphatic heterocycles. The summed E-state index contributed by atoms with van der Waals surface area (Å²) in [6.07, 6.45) is 3.99. The van der Waals surface area contributed by atoms with Crippen LogP contribution >= 0.6 is 11.6 Å². The molecule has 2 N–H and O–H groups in total. The molecule has 0 aromatic carbocycles. The van der Waals surface area contributed by atoms with Gasteiger partial charge in [-0.3, -0.25) is 5.10 Å². The van der Waals surface area contributed by atoms with E-state index in [0.29, 0.717) is 34.2 Å². The van der Waals surface area contributed by atoms with Crippen molar-refractivity contribution in [3.05, 3.63) is 40.9 Å². The molecule has 0 amide bonds. The van der Waals surface area contributed by atoms with Gasteiger partial charge in [0.25, 0.3) is 0 Å². The molecule has 1 aliphatic rings. The third kappa shape index (κ3) is 2.57. The summed E-state index contributed by atoms with van der Waals surface area (Å²) in [5, 5.41) is 10.8. The quantitative estimate of drug-likeness (QED) is 0.759. The van der Waals surface area contributed by atoms with Gasteiger partial charge in [-0.2, -0.15) is 5.10 Å². The lowest BCUT2D eigenvalue weighted by Crippen LogP contribution is -1.98. The first kappa shape index (κ1) is 13.3. The van der Waals surface area contributed by atoms with Crippen molar-refractivity contribution < 1.29 is 4.42 Å². The minimum Gasteiger partial charge on any atom is -0.458 e. The fourth-order valence-corrected chi connectivity index (χ4v) is 2.39. The molecule has 3 aromatic rings. The Balaban J connectivity index is 1.62. The third-order valence-electron chi connectivity index (χ3n) is 3.57. The predicted molar refractivity (Wildman–Crippen MR) is 83.3 cm³/mol. The highest BCUT2D eigenvalue weighted by molar-refractivity contribution is 6.32. The van der Waals surface area contributed by atoms with Crippen LogP contribution in [0.5, 0.6) is 0 Å². The summed E-state index contributed by atoms with van der Waals surface area (Å²) in [6, 6.07) is 5.70. The van der Waals surface area contributed by atoms with Crippen LogP contribution in [-0.4, -0.2) is 20.2 Å². The third-order valence-corrected chi connectivity index (χ3v) is 3.84. The summed E-state index contributed by atoms with van der Waals surface area (Å²) in [4.78, 5) is 8.62. The Morgan fingerprint density at radius 3 is 2.95 bits per heavy atom. The molecular formula is C15H14ClN5O. The van der Waals surface area contributed by atoms with Gasteiger partial charge in [-0.15, -0.1) is 0 Å². The lowest BCUT2D eigenvalue weighted by atomic mass is 10.3.